The van der Waals surface area contributed by atoms with Gasteiger partial charge in [-0.15, -0.1) is 0 Å². The first-order valence-corrected chi connectivity index (χ1v) is 5.52. The third-order valence-electron chi connectivity index (χ3n) is 1.98. The molecule has 0 aliphatic carbocycles. The number of hydrogen-bond donors (Lipinski definition) is 0. The Labute approximate surface area is 96.8 Å². The molecule has 0 N–H and O–H groups in total. The minimum absolute atomic E-state index is 0.436. The van der Waals surface area contributed by atoms with Crippen LogP contribution in [0.5, 0.6) is 0 Å². The van der Waals surface area contributed by atoms with Crippen molar-refractivity contribution in [2.75, 3.05) is 11.9 Å². The molecule has 0 aromatic carbocycles. The van der Waals surface area contributed by atoms with Gasteiger partial charge < -0.3 is 9.32 Å². The van der Waals surface area contributed by atoms with E-state index in [1.807, 2.05) is 31.0 Å². The van der Waals surface area contributed by atoms with E-state index in [-0.39, 0.29) is 0 Å². The smallest absolute Gasteiger partial charge is 0.187 e. The molecule has 0 amide bonds. The maximum atomic E-state index is 5.87. The second-order valence-corrected chi connectivity index (χ2v) is 4.13. The molecular weight excluding hydrogens is 234 g/mol. The molecule has 6 heteroatoms. The monoisotopic (exact) mass is 243 g/mol. The lowest BCUT2D eigenvalue weighted by Gasteiger charge is -2.13. The van der Waals surface area contributed by atoms with E-state index in [1.54, 1.807) is 0 Å². The van der Waals surface area contributed by atoms with Crippen LogP contribution in [-0.2, 0) is 6.54 Å². The Morgan fingerprint density at radius 2 is 2.27 bits per heavy atom. The second-order valence-electron chi connectivity index (χ2n) is 3.25. The maximum absolute atomic E-state index is 5.87. The standard InChI is InChI=1S/C9H10ClN3OS/c1-6-3-4-7(14-6)5-13(2)9-8(10)11-15-12-9/h3-4H,5H2,1-2H3. The maximum Gasteiger partial charge on any atom is 0.187 e. The molecule has 0 bridgehead atoms. The third-order valence-corrected chi connectivity index (χ3v) is 2.86. The fourth-order valence-electron chi connectivity index (χ4n) is 1.28. The summed E-state index contributed by atoms with van der Waals surface area (Å²) < 4.78 is 13.5. The number of aromatic nitrogens is 2. The lowest BCUT2D eigenvalue weighted by molar-refractivity contribution is 0.481. The molecule has 0 unspecified atom stereocenters. The summed E-state index contributed by atoms with van der Waals surface area (Å²) in [7, 11) is 1.90. The molecule has 2 aromatic rings. The first kappa shape index (κ1) is 10.4. The van der Waals surface area contributed by atoms with E-state index < -0.39 is 0 Å². The molecule has 0 saturated carbocycles. The summed E-state index contributed by atoms with van der Waals surface area (Å²) in [5.41, 5.74) is 0. The van der Waals surface area contributed by atoms with Gasteiger partial charge in [0.25, 0.3) is 0 Å². The van der Waals surface area contributed by atoms with E-state index in [9.17, 15) is 0 Å². The summed E-state index contributed by atoms with van der Waals surface area (Å²) in [6.45, 7) is 2.56. The fraction of sp³-hybridized carbons (Fsp3) is 0.333. The quantitative estimate of drug-likeness (QED) is 0.831. The van der Waals surface area contributed by atoms with Gasteiger partial charge in [0.1, 0.15) is 11.5 Å². The Balaban J connectivity index is 2.10. The average molecular weight is 244 g/mol. The number of halogens is 1. The molecule has 0 saturated heterocycles. The Morgan fingerprint density at radius 3 is 2.80 bits per heavy atom. The van der Waals surface area contributed by atoms with Crippen molar-refractivity contribution in [3.8, 4) is 0 Å². The summed E-state index contributed by atoms with van der Waals surface area (Å²) in [5.74, 6) is 2.48. The molecule has 2 heterocycles. The lowest BCUT2D eigenvalue weighted by Crippen LogP contribution is -2.16. The van der Waals surface area contributed by atoms with Gasteiger partial charge in [0.2, 0.25) is 0 Å². The number of rotatable bonds is 3. The van der Waals surface area contributed by atoms with Crippen LogP contribution in [0.2, 0.25) is 5.15 Å². The highest BCUT2D eigenvalue weighted by Gasteiger charge is 2.12. The van der Waals surface area contributed by atoms with Crippen LogP contribution in [0.1, 0.15) is 11.5 Å². The molecule has 0 spiro atoms. The number of aryl methyl sites for hydroxylation is 1. The second kappa shape index (κ2) is 4.20. The van der Waals surface area contributed by atoms with E-state index in [4.69, 9.17) is 16.0 Å². The molecule has 4 nitrogen and oxygen atoms in total. The number of furan rings is 1. The normalized spacial score (nSPS) is 10.6. The Morgan fingerprint density at radius 1 is 1.47 bits per heavy atom. The molecule has 80 valence electrons. The molecule has 2 rings (SSSR count). The van der Waals surface area contributed by atoms with E-state index in [0.29, 0.717) is 17.5 Å². The first-order valence-electron chi connectivity index (χ1n) is 4.41. The van der Waals surface area contributed by atoms with Crippen molar-refractivity contribution in [1.29, 1.82) is 0 Å². The van der Waals surface area contributed by atoms with Gasteiger partial charge in [0.05, 0.1) is 18.3 Å². The number of nitrogens with zero attached hydrogens (tertiary/aromatic N) is 3. The molecular formula is C9H10ClN3OS. The minimum Gasteiger partial charge on any atom is -0.464 e. The van der Waals surface area contributed by atoms with Crippen LogP contribution in [0.15, 0.2) is 16.5 Å². The van der Waals surface area contributed by atoms with E-state index in [1.165, 1.54) is 0 Å². The SMILES string of the molecule is Cc1ccc(CN(C)c2nsnc2Cl)o1. The highest BCUT2D eigenvalue weighted by atomic mass is 35.5. The van der Waals surface area contributed by atoms with Gasteiger partial charge >= 0.3 is 0 Å². The lowest BCUT2D eigenvalue weighted by atomic mass is 10.4. The molecule has 0 aliphatic heterocycles. The van der Waals surface area contributed by atoms with Crippen LogP contribution >= 0.6 is 23.3 Å². The summed E-state index contributed by atoms with van der Waals surface area (Å²) in [6, 6.07) is 3.88. The zero-order valence-electron chi connectivity index (χ0n) is 8.40. The third kappa shape index (κ3) is 2.30. The van der Waals surface area contributed by atoms with Crippen LogP contribution < -0.4 is 4.90 Å². The highest BCUT2D eigenvalue weighted by Crippen LogP contribution is 2.23. The molecule has 0 radical (unpaired) electrons. The van der Waals surface area contributed by atoms with Gasteiger partial charge in [-0.25, -0.2) is 0 Å². The number of anilines is 1. The van der Waals surface area contributed by atoms with Crippen molar-refractivity contribution in [1.82, 2.24) is 8.75 Å². The van der Waals surface area contributed by atoms with Crippen molar-refractivity contribution >= 4 is 29.1 Å². The van der Waals surface area contributed by atoms with Crippen LogP contribution in [0.4, 0.5) is 5.82 Å². The van der Waals surface area contributed by atoms with E-state index >= 15 is 0 Å². The predicted octanol–water partition coefficient (Wildman–Crippen LogP) is 2.73. The first-order chi connectivity index (χ1) is 7.16. The Hall–Kier alpha value is -1.07. The van der Waals surface area contributed by atoms with Crippen molar-refractivity contribution in [2.45, 2.75) is 13.5 Å². The summed E-state index contributed by atoms with van der Waals surface area (Å²) in [4.78, 5) is 1.91. The summed E-state index contributed by atoms with van der Waals surface area (Å²) in [6.07, 6.45) is 0. The van der Waals surface area contributed by atoms with Crippen molar-refractivity contribution in [3.05, 3.63) is 28.8 Å². The summed E-state index contributed by atoms with van der Waals surface area (Å²) >= 11 is 6.98. The van der Waals surface area contributed by atoms with Gasteiger partial charge in [-0.3, -0.25) is 0 Å². The van der Waals surface area contributed by atoms with Crippen LogP contribution in [-0.4, -0.2) is 15.8 Å². The number of hydrogen-bond acceptors (Lipinski definition) is 5. The fourth-order valence-corrected chi connectivity index (χ4v) is 2.11. The van der Waals surface area contributed by atoms with Gasteiger partial charge in [-0.1, -0.05) is 11.6 Å². The molecule has 0 fully saturated rings. The van der Waals surface area contributed by atoms with Crippen LogP contribution in [0.25, 0.3) is 0 Å². The molecule has 15 heavy (non-hydrogen) atoms. The molecule has 0 aliphatic rings. The zero-order chi connectivity index (χ0) is 10.8. The topological polar surface area (TPSA) is 42.2 Å². The summed E-state index contributed by atoms with van der Waals surface area (Å²) in [5, 5.41) is 0.436. The van der Waals surface area contributed by atoms with Gasteiger partial charge in [0.15, 0.2) is 11.0 Å². The zero-order valence-corrected chi connectivity index (χ0v) is 9.97. The van der Waals surface area contributed by atoms with Crippen LogP contribution in [0, 0.1) is 6.92 Å². The van der Waals surface area contributed by atoms with E-state index in [0.717, 1.165) is 23.2 Å². The molecule has 0 atom stereocenters. The highest BCUT2D eigenvalue weighted by molar-refractivity contribution is 6.99. The van der Waals surface area contributed by atoms with Crippen molar-refractivity contribution in [3.63, 3.8) is 0 Å². The predicted molar refractivity (Wildman–Crippen MR) is 60.5 cm³/mol. The van der Waals surface area contributed by atoms with Gasteiger partial charge in [-0.2, -0.15) is 8.75 Å². The Kier molecular flexibility index (Phi) is 2.93. The van der Waals surface area contributed by atoms with Crippen molar-refractivity contribution < 1.29 is 4.42 Å². The van der Waals surface area contributed by atoms with Gasteiger partial charge in [0, 0.05) is 7.05 Å². The van der Waals surface area contributed by atoms with Gasteiger partial charge in [-0.05, 0) is 19.1 Å². The van der Waals surface area contributed by atoms with E-state index in [2.05, 4.69) is 8.75 Å². The molecule has 2 aromatic heterocycles. The van der Waals surface area contributed by atoms with Crippen molar-refractivity contribution in [2.24, 2.45) is 0 Å². The Bertz CT molecular complexity index is 454. The average Bonchev–Trinajstić information content (AvgIpc) is 2.75. The minimum atomic E-state index is 0.436. The van der Waals surface area contributed by atoms with Crippen LogP contribution in [0.3, 0.4) is 0 Å². The largest absolute Gasteiger partial charge is 0.464 e.